The highest BCUT2D eigenvalue weighted by molar-refractivity contribution is 5.78. The molecule has 0 bridgehead atoms. The molecule has 1 atom stereocenters. The Morgan fingerprint density at radius 3 is 2.58 bits per heavy atom. The molecule has 0 saturated carbocycles. The number of piperidine rings is 1. The molecule has 19 heavy (non-hydrogen) atoms. The standard InChI is InChI=1S/C14H26N2O3/c1-3-11(4-2)15-13(17)10-16-8-6-5-7-12(16)9-14(18)19/h11-12H,3-10H2,1-2H3,(H,15,17)(H,18,19). The van der Waals surface area contributed by atoms with Crippen LogP contribution in [0.4, 0.5) is 0 Å². The van der Waals surface area contributed by atoms with Crippen LogP contribution >= 0.6 is 0 Å². The summed E-state index contributed by atoms with van der Waals surface area (Å²) in [7, 11) is 0. The van der Waals surface area contributed by atoms with Gasteiger partial charge in [-0.3, -0.25) is 14.5 Å². The van der Waals surface area contributed by atoms with Crippen molar-refractivity contribution in [3.8, 4) is 0 Å². The molecule has 1 amide bonds. The van der Waals surface area contributed by atoms with E-state index in [-0.39, 0.29) is 24.4 Å². The lowest BCUT2D eigenvalue weighted by atomic mass is 9.99. The van der Waals surface area contributed by atoms with Crippen LogP contribution in [0.25, 0.3) is 0 Å². The van der Waals surface area contributed by atoms with Gasteiger partial charge in [0, 0.05) is 12.1 Å². The summed E-state index contributed by atoms with van der Waals surface area (Å²) in [5.74, 6) is -0.761. The van der Waals surface area contributed by atoms with Gasteiger partial charge in [0.2, 0.25) is 5.91 Å². The first-order chi connectivity index (χ1) is 9.06. The molecule has 0 aromatic heterocycles. The molecule has 1 fully saturated rings. The number of carbonyl (C=O) groups excluding carboxylic acids is 1. The molecule has 0 spiro atoms. The molecule has 5 nitrogen and oxygen atoms in total. The van der Waals surface area contributed by atoms with Gasteiger partial charge >= 0.3 is 5.97 Å². The molecule has 110 valence electrons. The summed E-state index contributed by atoms with van der Waals surface area (Å²) in [4.78, 5) is 24.8. The monoisotopic (exact) mass is 270 g/mol. The maximum absolute atomic E-state index is 12.0. The highest BCUT2D eigenvalue weighted by atomic mass is 16.4. The van der Waals surface area contributed by atoms with Gasteiger partial charge in [-0.05, 0) is 32.2 Å². The summed E-state index contributed by atoms with van der Waals surface area (Å²) in [6.45, 7) is 5.27. The first-order valence-corrected chi connectivity index (χ1v) is 7.32. The van der Waals surface area contributed by atoms with Crippen LogP contribution in [0.3, 0.4) is 0 Å². The quantitative estimate of drug-likeness (QED) is 0.737. The van der Waals surface area contributed by atoms with E-state index in [1.54, 1.807) is 0 Å². The first kappa shape index (κ1) is 16.0. The number of carbonyl (C=O) groups is 2. The average Bonchev–Trinajstić information content (AvgIpc) is 2.37. The topological polar surface area (TPSA) is 69.6 Å². The molecule has 1 aliphatic rings. The third-order valence-corrected chi connectivity index (χ3v) is 3.86. The molecule has 2 N–H and O–H groups in total. The molecule has 0 radical (unpaired) electrons. The fraction of sp³-hybridized carbons (Fsp3) is 0.857. The van der Waals surface area contributed by atoms with Gasteiger partial charge in [0.15, 0.2) is 0 Å². The smallest absolute Gasteiger partial charge is 0.304 e. The number of nitrogens with one attached hydrogen (secondary N) is 1. The lowest BCUT2D eigenvalue weighted by molar-refractivity contribution is -0.139. The molecule has 1 rings (SSSR count). The zero-order chi connectivity index (χ0) is 14.3. The number of nitrogens with zero attached hydrogens (tertiary/aromatic N) is 1. The lowest BCUT2D eigenvalue weighted by Gasteiger charge is -2.34. The molecule has 0 aromatic carbocycles. The van der Waals surface area contributed by atoms with Crippen molar-refractivity contribution in [1.29, 1.82) is 0 Å². The van der Waals surface area contributed by atoms with Crippen molar-refractivity contribution in [3.63, 3.8) is 0 Å². The maximum atomic E-state index is 12.0. The van der Waals surface area contributed by atoms with Crippen LogP contribution in [0.5, 0.6) is 0 Å². The molecule has 1 saturated heterocycles. The molecule has 0 aromatic rings. The Morgan fingerprint density at radius 1 is 1.32 bits per heavy atom. The van der Waals surface area contributed by atoms with Crippen molar-refractivity contribution < 1.29 is 14.7 Å². The summed E-state index contributed by atoms with van der Waals surface area (Å²) in [5, 5.41) is 11.9. The number of aliphatic carboxylic acids is 1. The van der Waals surface area contributed by atoms with Gasteiger partial charge in [-0.25, -0.2) is 0 Å². The average molecular weight is 270 g/mol. The van der Waals surface area contributed by atoms with E-state index in [0.717, 1.165) is 38.6 Å². The van der Waals surface area contributed by atoms with Gasteiger partial charge in [-0.2, -0.15) is 0 Å². The van der Waals surface area contributed by atoms with Crippen molar-refractivity contribution in [1.82, 2.24) is 10.2 Å². The predicted molar refractivity (Wildman–Crippen MR) is 74.0 cm³/mol. The van der Waals surface area contributed by atoms with E-state index in [0.29, 0.717) is 6.54 Å². The number of hydrogen-bond acceptors (Lipinski definition) is 3. The van der Waals surface area contributed by atoms with Crippen LogP contribution in [0.2, 0.25) is 0 Å². The van der Waals surface area contributed by atoms with Crippen molar-refractivity contribution in [2.24, 2.45) is 0 Å². The Labute approximate surface area is 115 Å². The predicted octanol–water partition coefficient (Wildman–Crippen LogP) is 1.62. The summed E-state index contributed by atoms with van der Waals surface area (Å²) in [6.07, 6.45) is 4.99. The summed E-state index contributed by atoms with van der Waals surface area (Å²) in [5.41, 5.74) is 0. The van der Waals surface area contributed by atoms with E-state index in [1.807, 2.05) is 4.90 Å². The highest BCUT2D eigenvalue weighted by Gasteiger charge is 2.26. The molecular formula is C14H26N2O3. The number of carboxylic acids is 1. The van der Waals surface area contributed by atoms with Crippen LogP contribution in [-0.2, 0) is 9.59 Å². The summed E-state index contributed by atoms with van der Waals surface area (Å²) < 4.78 is 0. The van der Waals surface area contributed by atoms with Gasteiger partial charge in [0.1, 0.15) is 0 Å². The SMILES string of the molecule is CCC(CC)NC(=O)CN1CCCCC1CC(=O)O. The lowest BCUT2D eigenvalue weighted by Crippen LogP contribution is -2.48. The minimum Gasteiger partial charge on any atom is -0.481 e. The Morgan fingerprint density at radius 2 is 2.00 bits per heavy atom. The Bertz CT molecular complexity index is 303. The second kappa shape index (κ2) is 8.15. The van der Waals surface area contributed by atoms with Crippen molar-refractivity contribution >= 4 is 11.9 Å². The largest absolute Gasteiger partial charge is 0.481 e. The van der Waals surface area contributed by atoms with E-state index in [1.165, 1.54) is 0 Å². The van der Waals surface area contributed by atoms with Crippen LogP contribution in [0.1, 0.15) is 52.4 Å². The van der Waals surface area contributed by atoms with Crippen molar-refractivity contribution in [3.05, 3.63) is 0 Å². The Hall–Kier alpha value is -1.10. The normalized spacial score (nSPS) is 20.5. The third-order valence-electron chi connectivity index (χ3n) is 3.86. The highest BCUT2D eigenvalue weighted by Crippen LogP contribution is 2.19. The summed E-state index contributed by atoms with van der Waals surface area (Å²) in [6, 6.07) is 0.244. The fourth-order valence-corrected chi connectivity index (χ4v) is 2.65. The van der Waals surface area contributed by atoms with Crippen LogP contribution < -0.4 is 5.32 Å². The minimum atomic E-state index is -0.780. The van der Waals surface area contributed by atoms with Crippen LogP contribution in [0.15, 0.2) is 0 Å². The number of hydrogen-bond donors (Lipinski definition) is 2. The van der Waals surface area contributed by atoms with E-state index in [2.05, 4.69) is 19.2 Å². The number of carboxylic acid groups (broad SMARTS) is 1. The van der Waals surface area contributed by atoms with Crippen LogP contribution in [-0.4, -0.2) is 47.1 Å². The molecule has 0 aliphatic carbocycles. The van der Waals surface area contributed by atoms with Crippen molar-refractivity contribution in [2.75, 3.05) is 13.1 Å². The van der Waals surface area contributed by atoms with Gasteiger partial charge in [-0.1, -0.05) is 20.3 Å². The van der Waals surface area contributed by atoms with Gasteiger partial charge < -0.3 is 10.4 Å². The first-order valence-electron chi connectivity index (χ1n) is 7.32. The van der Waals surface area contributed by atoms with E-state index in [4.69, 9.17) is 5.11 Å². The molecular weight excluding hydrogens is 244 g/mol. The number of likely N-dealkylation sites (tertiary alicyclic amines) is 1. The van der Waals surface area contributed by atoms with E-state index in [9.17, 15) is 9.59 Å². The van der Waals surface area contributed by atoms with Crippen LogP contribution in [0, 0.1) is 0 Å². The molecule has 1 unspecified atom stereocenters. The zero-order valence-corrected chi connectivity index (χ0v) is 12.0. The molecule has 5 heteroatoms. The second-order valence-electron chi connectivity index (χ2n) is 5.30. The number of amides is 1. The maximum Gasteiger partial charge on any atom is 0.304 e. The van der Waals surface area contributed by atoms with E-state index >= 15 is 0 Å². The Balaban J connectivity index is 2.47. The minimum absolute atomic E-state index is 0.0127. The van der Waals surface area contributed by atoms with Gasteiger partial charge in [0.25, 0.3) is 0 Å². The third kappa shape index (κ3) is 5.59. The molecule has 1 heterocycles. The number of rotatable bonds is 7. The van der Waals surface area contributed by atoms with Gasteiger partial charge in [0.05, 0.1) is 13.0 Å². The Kier molecular flexibility index (Phi) is 6.84. The summed E-state index contributed by atoms with van der Waals surface area (Å²) >= 11 is 0. The fourth-order valence-electron chi connectivity index (χ4n) is 2.65. The van der Waals surface area contributed by atoms with Gasteiger partial charge in [-0.15, -0.1) is 0 Å². The second-order valence-corrected chi connectivity index (χ2v) is 5.30. The van der Waals surface area contributed by atoms with E-state index < -0.39 is 5.97 Å². The molecule has 1 aliphatic heterocycles. The zero-order valence-electron chi connectivity index (χ0n) is 12.0. The van der Waals surface area contributed by atoms with Crippen molar-refractivity contribution in [2.45, 2.75) is 64.5 Å².